The van der Waals surface area contributed by atoms with Crippen LogP contribution in [0.5, 0.6) is 0 Å². The van der Waals surface area contributed by atoms with Crippen LogP contribution in [-0.2, 0) is 0 Å². The molecular weight excluding hydrogens is 198 g/mol. The van der Waals surface area contributed by atoms with E-state index in [2.05, 4.69) is 0 Å². The summed E-state index contributed by atoms with van der Waals surface area (Å²) in [6.07, 6.45) is 4.69. The average Bonchev–Trinajstić information content (AvgIpc) is 2.20. The van der Waals surface area contributed by atoms with Gasteiger partial charge in [-0.2, -0.15) is 0 Å². The summed E-state index contributed by atoms with van der Waals surface area (Å²) in [6, 6.07) is -0.669. The molecule has 0 aliphatic heterocycles. The van der Waals surface area contributed by atoms with Crippen LogP contribution in [0.2, 0.25) is 0 Å². The van der Waals surface area contributed by atoms with Crippen molar-refractivity contribution in [1.82, 2.24) is 0 Å². The van der Waals surface area contributed by atoms with Gasteiger partial charge in [-0.25, -0.2) is 0 Å². The number of hydrogen-bond donors (Lipinski definition) is 3. The molecule has 0 fully saturated rings. The van der Waals surface area contributed by atoms with Crippen molar-refractivity contribution < 1.29 is 10.2 Å². The van der Waals surface area contributed by atoms with Crippen LogP contribution in [0.15, 0.2) is 23.8 Å². The minimum absolute atomic E-state index is 0.144. The fourth-order valence-electron chi connectivity index (χ4n) is 1.33. The van der Waals surface area contributed by atoms with Crippen molar-refractivity contribution >= 4 is 17.1 Å². The van der Waals surface area contributed by atoms with Gasteiger partial charge in [-0.05, 0) is 5.57 Å². The summed E-state index contributed by atoms with van der Waals surface area (Å²) in [5.74, 6) is 0.144. The van der Waals surface area contributed by atoms with Gasteiger partial charge in [0.1, 0.15) is 0 Å². The molecule has 0 aromatic heterocycles. The maximum atomic E-state index is 9.76. The molecule has 3 nitrogen and oxygen atoms in total. The predicted molar refractivity (Wildman–Crippen MR) is 60.1 cm³/mol. The summed E-state index contributed by atoms with van der Waals surface area (Å²) in [7, 11) is 0. The molecule has 0 saturated carbocycles. The molecule has 0 aromatic rings. The van der Waals surface area contributed by atoms with Gasteiger partial charge < -0.3 is 15.9 Å². The topological polar surface area (TPSA) is 66.5 Å². The average molecular weight is 213 g/mol. The van der Waals surface area contributed by atoms with E-state index in [1.54, 1.807) is 6.08 Å². The van der Waals surface area contributed by atoms with Crippen LogP contribution in [0.3, 0.4) is 0 Å². The summed E-state index contributed by atoms with van der Waals surface area (Å²) in [5, 5.41) is 18.6. The second kappa shape index (κ2) is 4.79. The molecule has 1 rings (SSSR count). The van der Waals surface area contributed by atoms with E-state index in [9.17, 15) is 5.11 Å². The van der Waals surface area contributed by atoms with Crippen LogP contribution in [0, 0.1) is 5.92 Å². The van der Waals surface area contributed by atoms with E-state index in [0.717, 1.165) is 0 Å². The van der Waals surface area contributed by atoms with Crippen molar-refractivity contribution in [1.29, 1.82) is 0 Å². The van der Waals surface area contributed by atoms with Gasteiger partial charge in [0.15, 0.2) is 0 Å². The van der Waals surface area contributed by atoms with Gasteiger partial charge in [-0.3, -0.25) is 0 Å². The quantitative estimate of drug-likeness (QED) is 0.585. The second-order valence-corrected chi connectivity index (χ2v) is 3.89. The number of allylic oxidation sites excluding steroid dienone is 3. The highest BCUT2D eigenvalue weighted by molar-refractivity contribution is 7.80. The van der Waals surface area contributed by atoms with E-state index in [1.807, 2.05) is 19.1 Å². The lowest BCUT2D eigenvalue weighted by Crippen LogP contribution is -2.41. The van der Waals surface area contributed by atoms with Gasteiger partial charge in [0.2, 0.25) is 0 Å². The summed E-state index contributed by atoms with van der Waals surface area (Å²) in [5.41, 5.74) is 6.18. The van der Waals surface area contributed by atoms with Crippen molar-refractivity contribution in [3.8, 4) is 0 Å². The van der Waals surface area contributed by atoms with Crippen LogP contribution < -0.4 is 5.73 Å². The Morgan fingerprint density at radius 2 is 2.29 bits per heavy atom. The van der Waals surface area contributed by atoms with E-state index >= 15 is 0 Å². The highest BCUT2D eigenvalue weighted by Gasteiger charge is 2.24. The van der Waals surface area contributed by atoms with Crippen molar-refractivity contribution in [3.05, 3.63) is 23.8 Å². The standard InChI is InChI=1S/C10H15NO2S/c1-6-3-2-4-7(10(6)14)9(13)8(11)5-12/h2-4,6,8-9,12-13H,5,11H2,1H3/t6?,8-,9+/m1/s1. The Morgan fingerprint density at radius 3 is 2.86 bits per heavy atom. The second-order valence-electron chi connectivity index (χ2n) is 3.45. The third kappa shape index (κ3) is 2.27. The number of nitrogens with two attached hydrogens (primary N) is 1. The predicted octanol–water partition coefficient (Wildman–Crippen LogP) is 0.169. The van der Waals surface area contributed by atoms with Crippen LogP contribution in [0.1, 0.15) is 6.92 Å². The first-order valence-electron chi connectivity index (χ1n) is 4.55. The van der Waals surface area contributed by atoms with Crippen LogP contribution in [0.4, 0.5) is 0 Å². The first-order valence-corrected chi connectivity index (χ1v) is 4.96. The lowest BCUT2D eigenvalue weighted by Gasteiger charge is -2.24. The first-order chi connectivity index (χ1) is 6.57. The Kier molecular flexibility index (Phi) is 3.95. The lowest BCUT2D eigenvalue weighted by atomic mass is 9.90. The largest absolute Gasteiger partial charge is 0.395 e. The Labute approximate surface area is 88.9 Å². The smallest absolute Gasteiger partial charge is 0.0974 e. The third-order valence-electron chi connectivity index (χ3n) is 2.31. The van der Waals surface area contributed by atoms with E-state index in [4.69, 9.17) is 23.1 Å². The summed E-state index contributed by atoms with van der Waals surface area (Å²) in [6.45, 7) is 1.71. The normalized spacial score (nSPS) is 25.9. The molecule has 4 N–H and O–H groups in total. The molecule has 78 valence electrons. The van der Waals surface area contributed by atoms with Crippen molar-refractivity contribution in [2.45, 2.75) is 19.1 Å². The third-order valence-corrected chi connectivity index (χ3v) is 2.92. The first kappa shape index (κ1) is 11.5. The van der Waals surface area contributed by atoms with E-state index in [0.29, 0.717) is 10.4 Å². The number of thiocarbonyl (C=S) groups is 1. The van der Waals surface area contributed by atoms with Gasteiger partial charge in [-0.1, -0.05) is 37.4 Å². The fraction of sp³-hybridized carbons (Fsp3) is 0.500. The van der Waals surface area contributed by atoms with Crippen molar-refractivity contribution in [2.75, 3.05) is 6.61 Å². The lowest BCUT2D eigenvalue weighted by molar-refractivity contribution is 0.139. The molecule has 0 amide bonds. The molecule has 0 bridgehead atoms. The molecule has 1 unspecified atom stereocenters. The van der Waals surface area contributed by atoms with Gasteiger partial charge in [0.05, 0.1) is 18.8 Å². The minimum atomic E-state index is -0.875. The maximum Gasteiger partial charge on any atom is 0.0974 e. The van der Waals surface area contributed by atoms with Gasteiger partial charge in [0, 0.05) is 10.8 Å². The molecule has 0 aromatic carbocycles. The molecule has 1 aliphatic carbocycles. The zero-order valence-corrected chi connectivity index (χ0v) is 8.87. The number of aliphatic hydroxyl groups excluding tert-OH is 2. The fourth-order valence-corrected chi connectivity index (χ4v) is 1.60. The number of rotatable bonds is 3. The minimum Gasteiger partial charge on any atom is -0.395 e. The Hall–Kier alpha value is -0.550. The van der Waals surface area contributed by atoms with Gasteiger partial charge >= 0.3 is 0 Å². The molecule has 3 atom stereocenters. The number of aliphatic hydroxyl groups is 2. The summed E-state index contributed by atoms with van der Waals surface area (Å²) in [4.78, 5) is 0.698. The van der Waals surface area contributed by atoms with Gasteiger partial charge in [0.25, 0.3) is 0 Å². The van der Waals surface area contributed by atoms with Crippen molar-refractivity contribution in [2.24, 2.45) is 11.7 Å². The van der Waals surface area contributed by atoms with Crippen LogP contribution in [0.25, 0.3) is 0 Å². The summed E-state index contributed by atoms with van der Waals surface area (Å²) < 4.78 is 0. The summed E-state index contributed by atoms with van der Waals surface area (Å²) >= 11 is 5.18. The van der Waals surface area contributed by atoms with E-state index in [1.165, 1.54) is 0 Å². The van der Waals surface area contributed by atoms with Gasteiger partial charge in [-0.15, -0.1) is 0 Å². The zero-order chi connectivity index (χ0) is 10.7. The Morgan fingerprint density at radius 1 is 1.64 bits per heavy atom. The maximum absolute atomic E-state index is 9.76. The highest BCUT2D eigenvalue weighted by atomic mass is 32.1. The molecule has 14 heavy (non-hydrogen) atoms. The van der Waals surface area contributed by atoms with E-state index in [-0.39, 0.29) is 12.5 Å². The van der Waals surface area contributed by atoms with Crippen molar-refractivity contribution in [3.63, 3.8) is 0 Å². The van der Waals surface area contributed by atoms with E-state index < -0.39 is 12.1 Å². The zero-order valence-electron chi connectivity index (χ0n) is 8.05. The van der Waals surface area contributed by atoms with Crippen LogP contribution >= 0.6 is 12.2 Å². The molecule has 0 saturated heterocycles. The highest BCUT2D eigenvalue weighted by Crippen LogP contribution is 2.20. The molecule has 4 heteroatoms. The molecule has 0 heterocycles. The van der Waals surface area contributed by atoms with Crippen LogP contribution in [-0.4, -0.2) is 33.8 Å². The Bertz CT molecular complexity index is 286. The number of hydrogen-bond acceptors (Lipinski definition) is 4. The molecule has 0 radical (unpaired) electrons. The molecular formula is C10H15NO2S. The monoisotopic (exact) mass is 213 g/mol. The Balaban J connectivity index is 2.82. The molecule has 0 spiro atoms. The molecule has 1 aliphatic rings. The SMILES string of the molecule is CC1C=CC=C([C@H](O)[C@H](N)CO)C1=S.